The molecule has 0 amide bonds. The molecule has 4 heterocycles. The Morgan fingerprint density at radius 1 is 1.21 bits per heavy atom. The monoisotopic (exact) mass is 390 g/mol. The summed E-state index contributed by atoms with van der Waals surface area (Å²) < 4.78 is 7.97. The van der Waals surface area contributed by atoms with Crippen LogP contribution in [0.15, 0.2) is 47.3 Å². The minimum atomic E-state index is -0.115. The summed E-state index contributed by atoms with van der Waals surface area (Å²) in [5.74, 6) is 0.732. The summed E-state index contributed by atoms with van der Waals surface area (Å²) >= 11 is 0. The second kappa shape index (κ2) is 7.31. The highest BCUT2D eigenvalue weighted by molar-refractivity contribution is 5.82. The average molecular weight is 390 g/mol. The average Bonchev–Trinajstić information content (AvgIpc) is 3.42. The van der Waals surface area contributed by atoms with E-state index in [2.05, 4.69) is 26.6 Å². The summed E-state index contributed by atoms with van der Waals surface area (Å²) in [5.41, 5.74) is 10.6. The number of piperidine rings is 1. The molecule has 1 aromatic carbocycles. The fourth-order valence-electron chi connectivity index (χ4n) is 3.81. The predicted octanol–water partition coefficient (Wildman–Crippen LogP) is 2.75. The number of aromatic nitrogens is 4. The van der Waals surface area contributed by atoms with E-state index >= 15 is 0 Å². The number of para-hydroxylation sites is 1. The van der Waals surface area contributed by atoms with E-state index in [1.54, 1.807) is 6.20 Å². The molecule has 1 aliphatic rings. The lowest BCUT2D eigenvalue weighted by Gasteiger charge is -2.22. The number of hydrogen-bond donors (Lipinski definition) is 3. The van der Waals surface area contributed by atoms with Crippen molar-refractivity contribution >= 4 is 16.9 Å². The lowest BCUT2D eigenvalue weighted by atomic mass is 10.1. The van der Waals surface area contributed by atoms with Crippen molar-refractivity contribution in [2.45, 2.75) is 25.5 Å². The summed E-state index contributed by atoms with van der Waals surface area (Å²) in [6.07, 6.45) is 7.80. The number of benzene rings is 1. The standard InChI is InChI=1S/C21H22N6O2/c22-20-17(21-26-18-3-1-2-13(12-28)19(18)29-21)8-14(9-24-20)15-10-25-27(11-15)16-4-6-23-7-5-16/h1-3,8-11,16,23,28H,4-7,12H2,(H2,22,24). The lowest BCUT2D eigenvalue weighted by Crippen LogP contribution is -2.29. The first kappa shape index (κ1) is 17.8. The van der Waals surface area contributed by atoms with Crippen LogP contribution < -0.4 is 11.1 Å². The number of anilines is 1. The maximum Gasteiger partial charge on any atom is 0.231 e. The van der Waals surface area contributed by atoms with Crippen LogP contribution in [0, 0.1) is 0 Å². The Morgan fingerprint density at radius 2 is 2.07 bits per heavy atom. The van der Waals surface area contributed by atoms with Crippen molar-refractivity contribution in [1.29, 1.82) is 0 Å². The highest BCUT2D eigenvalue weighted by Crippen LogP contribution is 2.32. The highest BCUT2D eigenvalue weighted by atomic mass is 16.3. The fraction of sp³-hybridized carbons (Fsp3) is 0.286. The first-order valence-electron chi connectivity index (χ1n) is 9.73. The van der Waals surface area contributed by atoms with Gasteiger partial charge < -0.3 is 20.6 Å². The SMILES string of the molecule is Nc1ncc(-c2cnn(C3CCNCC3)c2)cc1-c1nc2cccc(CO)c2o1. The summed E-state index contributed by atoms with van der Waals surface area (Å²) in [5, 5.41) is 17.5. The summed E-state index contributed by atoms with van der Waals surface area (Å²) in [7, 11) is 0. The van der Waals surface area contributed by atoms with Crippen LogP contribution in [0.3, 0.4) is 0 Å². The molecular formula is C21H22N6O2. The van der Waals surface area contributed by atoms with E-state index in [9.17, 15) is 5.11 Å². The zero-order chi connectivity index (χ0) is 19.8. The number of hydrogen-bond acceptors (Lipinski definition) is 7. The van der Waals surface area contributed by atoms with Gasteiger partial charge in [-0.25, -0.2) is 9.97 Å². The van der Waals surface area contributed by atoms with Crippen LogP contribution in [-0.4, -0.2) is 37.9 Å². The van der Waals surface area contributed by atoms with Gasteiger partial charge in [0.05, 0.1) is 24.4 Å². The number of fused-ring (bicyclic) bond motifs is 1. The van der Waals surface area contributed by atoms with Crippen LogP contribution >= 0.6 is 0 Å². The Bertz CT molecular complexity index is 1160. The van der Waals surface area contributed by atoms with Crippen molar-refractivity contribution in [2.75, 3.05) is 18.8 Å². The molecule has 8 heteroatoms. The van der Waals surface area contributed by atoms with Crippen LogP contribution in [0.25, 0.3) is 33.7 Å². The number of pyridine rings is 1. The second-order valence-corrected chi connectivity index (χ2v) is 7.29. The lowest BCUT2D eigenvalue weighted by molar-refractivity contribution is 0.282. The van der Waals surface area contributed by atoms with Gasteiger partial charge in [0.2, 0.25) is 5.89 Å². The largest absolute Gasteiger partial charge is 0.436 e. The van der Waals surface area contributed by atoms with Gasteiger partial charge in [-0.05, 0) is 38.1 Å². The molecule has 4 aromatic rings. The van der Waals surface area contributed by atoms with Crippen LogP contribution in [0.2, 0.25) is 0 Å². The van der Waals surface area contributed by atoms with Gasteiger partial charge in [0.25, 0.3) is 0 Å². The van der Waals surface area contributed by atoms with Gasteiger partial charge in [0, 0.05) is 29.1 Å². The Hall–Kier alpha value is -3.23. The Kier molecular flexibility index (Phi) is 4.49. The highest BCUT2D eigenvalue weighted by Gasteiger charge is 2.18. The third kappa shape index (κ3) is 3.26. The Balaban J connectivity index is 1.52. The third-order valence-electron chi connectivity index (χ3n) is 5.43. The molecule has 29 heavy (non-hydrogen) atoms. The molecule has 1 saturated heterocycles. The smallest absolute Gasteiger partial charge is 0.231 e. The summed E-state index contributed by atoms with van der Waals surface area (Å²) in [6, 6.07) is 7.84. The van der Waals surface area contributed by atoms with E-state index in [0.29, 0.717) is 40.0 Å². The quantitative estimate of drug-likeness (QED) is 0.491. The molecule has 4 N–H and O–H groups in total. The normalized spacial score (nSPS) is 15.2. The number of aliphatic hydroxyl groups is 1. The van der Waals surface area contributed by atoms with Crippen molar-refractivity contribution in [1.82, 2.24) is 25.1 Å². The number of nitrogens with one attached hydrogen (secondary N) is 1. The Labute approximate surface area is 167 Å². The van der Waals surface area contributed by atoms with Gasteiger partial charge in [-0.15, -0.1) is 0 Å². The van der Waals surface area contributed by atoms with Gasteiger partial charge in [-0.3, -0.25) is 4.68 Å². The molecule has 1 fully saturated rings. The van der Waals surface area contributed by atoms with Gasteiger partial charge in [-0.1, -0.05) is 12.1 Å². The first-order valence-corrected chi connectivity index (χ1v) is 9.73. The van der Waals surface area contributed by atoms with Crippen molar-refractivity contribution in [3.63, 3.8) is 0 Å². The topological polar surface area (TPSA) is 115 Å². The minimum Gasteiger partial charge on any atom is -0.436 e. The molecule has 8 nitrogen and oxygen atoms in total. The molecular weight excluding hydrogens is 368 g/mol. The van der Waals surface area contributed by atoms with Crippen LogP contribution in [0.5, 0.6) is 0 Å². The van der Waals surface area contributed by atoms with Crippen LogP contribution in [0.4, 0.5) is 5.82 Å². The fourth-order valence-corrected chi connectivity index (χ4v) is 3.81. The van der Waals surface area contributed by atoms with E-state index in [0.717, 1.165) is 37.1 Å². The number of rotatable bonds is 4. The van der Waals surface area contributed by atoms with Crippen LogP contribution in [0.1, 0.15) is 24.4 Å². The van der Waals surface area contributed by atoms with E-state index in [-0.39, 0.29) is 6.61 Å². The van der Waals surface area contributed by atoms with Crippen molar-refractivity contribution in [2.24, 2.45) is 0 Å². The molecule has 0 saturated carbocycles. The number of oxazole rings is 1. The molecule has 0 bridgehead atoms. The van der Waals surface area contributed by atoms with Crippen molar-refractivity contribution in [3.8, 4) is 22.6 Å². The van der Waals surface area contributed by atoms with Crippen molar-refractivity contribution < 1.29 is 9.52 Å². The second-order valence-electron chi connectivity index (χ2n) is 7.29. The Morgan fingerprint density at radius 3 is 2.90 bits per heavy atom. The molecule has 0 aliphatic carbocycles. The van der Waals surface area contributed by atoms with E-state index in [1.165, 1.54) is 0 Å². The van der Waals surface area contributed by atoms with Gasteiger partial charge in [0.15, 0.2) is 5.58 Å². The van der Waals surface area contributed by atoms with Gasteiger partial charge in [-0.2, -0.15) is 5.10 Å². The number of nitrogens with zero attached hydrogens (tertiary/aromatic N) is 4. The third-order valence-corrected chi connectivity index (χ3v) is 5.43. The van der Waals surface area contributed by atoms with Crippen LogP contribution in [-0.2, 0) is 6.61 Å². The molecule has 0 spiro atoms. The molecule has 0 unspecified atom stereocenters. The van der Waals surface area contributed by atoms with E-state index in [4.69, 9.17) is 10.2 Å². The van der Waals surface area contributed by atoms with Crippen molar-refractivity contribution in [3.05, 3.63) is 48.4 Å². The zero-order valence-corrected chi connectivity index (χ0v) is 15.9. The van der Waals surface area contributed by atoms with E-state index < -0.39 is 0 Å². The van der Waals surface area contributed by atoms with E-state index in [1.807, 2.05) is 35.1 Å². The number of nitrogens with two attached hydrogens (primary N) is 1. The zero-order valence-electron chi connectivity index (χ0n) is 15.9. The molecule has 5 rings (SSSR count). The van der Waals surface area contributed by atoms with Gasteiger partial charge >= 0.3 is 0 Å². The summed E-state index contributed by atoms with van der Waals surface area (Å²) in [4.78, 5) is 8.89. The summed E-state index contributed by atoms with van der Waals surface area (Å²) in [6.45, 7) is 1.91. The molecule has 148 valence electrons. The number of nitrogen functional groups attached to an aromatic ring is 1. The molecule has 0 radical (unpaired) electrons. The molecule has 0 atom stereocenters. The molecule has 1 aliphatic heterocycles. The molecule has 3 aromatic heterocycles. The maximum absolute atomic E-state index is 9.53. The predicted molar refractivity (Wildman–Crippen MR) is 110 cm³/mol. The number of aliphatic hydroxyl groups excluding tert-OH is 1. The van der Waals surface area contributed by atoms with Gasteiger partial charge in [0.1, 0.15) is 11.3 Å². The maximum atomic E-state index is 9.53. The first-order chi connectivity index (χ1) is 14.2. The minimum absolute atomic E-state index is 0.115.